The third kappa shape index (κ3) is 4.14. The Balaban J connectivity index is 1.92. The van der Waals surface area contributed by atoms with Gasteiger partial charge in [-0.3, -0.25) is 0 Å². The van der Waals surface area contributed by atoms with Crippen LogP contribution in [0.25, 0.3) is 0 Å². The van der Waals surface area contributed by atoms with Gasteiger partial charge in [0.1, 0.15) is 6.10 Å². The molecule has 0 heterocycles. The molecule has 19 heavy (non-hydrogen) atoms. The molecule has 1 aromatic carbocycles. The third-order valence-electron chi connectivity index (χ3n) is 3.30. The molecule has 0 N–H and O–H groups in total. The highest BCUT2D eigenvalue weighted by Crippen LogP contribution is 2.52. The van der Waals surface area contributed by atoms with Crippen LogP contribution >= 0.6 is 24.0 Å². The zero-order chi connectivity index (χ0) is 13.9. The minimum Gasteiger partial charge on any atom is -0.475 e. The summed E-state index contributed by atoms with van der Waals surface area (Å²) in [6, 6.07) is 9.83. The molecule has 1 saturated carbocycles. The van der Waals surface area contributed by atoms with Crippen molar-refractivity contribution in [3.05, 3.63) is 35.9 Å². The fourth-order valence-corrected chi connectivity index (χ4v) is 2.45. The van der Waals surface area contributed by atoms with Crippen LogP contribution in [-0.4, -0.2) is 22.7 Å². The van der Waals surface area contributed by atoms with Gasteiger partial charge in [-0.05, 0) is 36.9 Å². The van der Waals surface area contributed by atoms with Gasteiger partial charge in [0.15, 0.2) is 0 Å². The fourth-order valence-electron chi connectivity index (χ4n) is 2.11. The largest absolute Gasteiger partial charge is 0.475 e. The summed E-state index contributed by atoms with van der Waals surface area (Å²) < 4.78 is 32.2. The molecule has 2 atom stereocenters. The van der Waals surface area contributed by atoms with Gasteiger partial charge < -0.3 is 4.74 Å². The van der Waals surface area contributed by atoms with Gasteiger partial charge in [-0.1, -0.05) is 42.1 Å². The van der Waals surface area contributed by atoms with Crippen molar-refractivity contribution in [2.45, 2.75) is 31.3 Å². The van der Waals surface area contributed by atoms with E-state index in [0.717, 1.165) is 12.0 Å². The summed E-state index contributed by atoms with van der Waals surface area (Å²) in [5.74, 6) is -3.25. The monoisotopic (exact) mass is 302 g/mol. The molecule has 0 amide bonds. The predicted molar refractivity (Wildman–Crippen MR) is 78.8 cm³/mol. The molecule has 0 radical (unpaired) electrons. The number of aryl methyl sites for hydroxylation is 1. The number of ether oxygens (including phenoxy) is 1. The second-order valence-electron chi connectivity index (χ2n) is 4.71. The normalized spacial score (nSPS) is 21.7. The standard InChI is InChI=1S/C14H16F2OS2/c1-19-13(18)17-12(11-9-14(11,15)16)8-7-10-5-3-2-4-6-10/h2-6,11-12H,7-9H2,1H3. The SMILES string of the molecule is CSC(=S)OC(CCc1ccccc1)C1CC1(F)F. The Bertz CT molecular complexity index is 436. The summed E-state index contributed by atoms with van der Waals surface area (Å²) in [4.78, 5) is 0. The molecule has 0 saturated heterocycles. The van der Waals surface area contributed by atoms with E-state index < -0.39 is 17.9 Å². The maximum atomic E-state index is 13.2. The number of thioether (sulfide) groups is 1. The van der Waals surface area contributed by atoms with Crippen molar-refractivity contribution in [1.29, 1.82) is 0 Å². The van der Waals surface area contributed by atoms with Gasteiger partial charge in [-0.25, -0.2) is 8.78 Å². The predicted octanol–water partition coefficient (Wildman–Crippen LogP) is 4.31. The summed E-state index contributed by atoms with van der Waals surface area (Å²) >= 11 is 6.26. The zero-order valence-electron chi connectivity index (χ0n) is 10.6. The van der Waals surface area contributed by atoms with Crippen LogP contribution in [-0.2, 0) is 11.2 Å². The molecular weight excluding hydrogens is 286 g/mol. The minimum atomic E-state index is -2.57. The first-order valence-electron chi connectivity index (χ1n) is 6.19. The first-order chi connectivity index (χ1) is 9.03. The highest BCUT2D eigenvalue weighted by atomic mass is 32.2. The number of hydrogen-bond donors (Lipinski definition) is 0. The Kier molecular flexibility index (Phi) is 4.79. The number of hydrogen-bond acceptors (Lipinski definition) is 3. The van der Waals surface area contributed by atoms with Crippen LogP contribution in [0.4, 0.5) is 8.78 Å². The van der Waals surface area contributed by atoms with Crippen LogP contribution in [0.3, 0.4) is 0 Å². The number of thiocarbonyl (C=S) groups is 1. The van der Waals surface area contributed by atoms with E-state index in [-0.39, 0.29) is 6.42 Å². The maximum Gasteiger partial charge on any atom is 0.255 e. The van der Waals surface area contributed by atoms with E-state index in [1.807, 2.05) is 30.3 Å². The lowest BCUT2D eigenvalue weighted by molar-refractivity contribution is 0.0534. The minimum absolute atomic E-state index is 0.0799. The van der Waals surface area contributed by atoms with Crippen LogP contribution in [0, 0.1) is 5.92 Å². The van der Waals surface area contributed by atoms with Gasteiger partial charge in [0, 0.05) is 6.42 Å². The molecular formula is C14H16F2OS2. The molecule has 0 aromatic heterocycles. The highest BCUT2D eigenvalue weighted by molar-refractivity contribution is 8.22. The average molecular weight is 302 g/mol. The number of benzene rings is 1. The lowest BCUT2D eigenvalue weighted by Gasteiger charge is -2.18. The van der Waals surface area contributed by atoms with Gasteiger partial charge in [0.2, 0.25) is 4.38 Å². The van der Waals surface area contributed by atoms with Gasteiger partial charge in [-0.15, -0.1) is 0 Å². The number of alkyl halides is 2. The summed E-state index contributed by atoms with van der Waals surface area (Å²) in [5.41, 5.74) is 1.13. The molecule has 1 nitrogen and oxygen atoms in total. The van der Waals surface area contributed by atoms with Crippen molar-refractivity contribution in [3.63, 3.8) is 0 Å². The van der Waals surface area contributed by atoms with Gasteiger partial charge >= 0.3 is 0 Å². The van der Waals surface area contributed by atoms with Crippen molar-refractivity contribution >= 4 is 28.4 Å². The van der Waals surface area contributed by atoms with E-state index in [9.17, 15) is 8.78 Å². The summed E-state index contributed by atoms with van der Waals surface area (Å²) in [5, 5.41) is 0. The second-order valence-corrected chi connectivity index (χ2v) is 6.11. The fraction of sp³-hybridized carbons (Fsp3) is 0.500. The van der Waals surface area contributed by atoms with E-state index in [0.29, 0.717) is 10.8 Å². The van der Waals surface area contributed by atoms with E-state index >= 15 is 0 Å². The van der Waals surface area contributed by atoms with E-state index in [1.165, 1.54) is 11.8 Å². The van der Waals surface area contributed by atoms with Crippen molar-refractivity contribution < 1.29 is 13.5 Å². The summed E-state index contributed by atoms with van der Waals surface area (Å²) in [6.07, 6.45) is 2.54. The van der Waals surface area contributed by atoms with Gasteiger partial charge in [0.05, 0.1) is 5.92 Å². The lowest BCUT2D eigenvalue weighted by atomic mass is 10.0. The van der Waals surface area contributed by atoms with Crippen molar-refractivity contribution in [2.75, 3.05) is 6.26 Å². The molecule has 1 aliphatic carbocycles. The molecule has 1 fully saturated rings. The van der Waals surface area contributed by atoms with Crippen LogP contribution < -0.4 is 0 Å². The van der Waals surface area contributed by atoms with Crippen LogP contribution in [0.1, 0.15) is 18.4 Å². The van der Waals surface area contributed by atoms with Crippen LogP contribution in [0.5, 0.6) is 0 Å². The smallest absolute Gasteiger partial charge is 0.255 e. The quantitative estimate of drug-likeness (QED) is 0.750. The van der Waals surface area contributed by atoms with Gasteiger partial charge in [-0.2, -0.15) is 0 Å². The molecule has 0 spiro atoms. The Morgan fingerprint density at radius 1 is 1.47 bits per heavy atom. The Morgan fingerprint density at radius 2 is 2.11 bits per heavy atom. The topological polar surface area (TPSA) is 9.23 Å². The van der Waals surface area contributed by atoms with E-state index in [2.05, 4.69) is 0 Å². The van der Waals surface area contributed by atoms with E-state index in [4.69, 9.17) is 17.0 Å². The second kappa shape index (κ2) is 6.18. The Morgan fingerprint density at radius 3 is 2.63 bits per heavy atom. The maximum absolute atomic E-state index is 13.2. The van der Waals surface area contributed by atoms with Crippen LogP contribution in [0.15, 0.2) is 30.3 Å². The zero-order valence-corrected chi connectivity index (χ0v) is 12.3. The van der Waals surface area contributed by atoms with Gasteiger partial charge in [0.25, 0.3) is 5.92 Å². The molecule has 1 aliphatic rings. The van der Waals surface area contributed by atoms with Crippen molar-refractivity contribution in [3.8, 4) is 0 Å². The molecule has 1 aromatic rings. The average Bonchev–Trinajstić information content (AvgIpc) is 3.04. The lowest BCUT2D eigenvalue weighted by Crippen LogP contribution is -2.22. The van der Waals surface area contributed by atoms with Crippen LogP contribution in [0.2, 0.25) is 0 Å². The molecule has 5 heteroatoms. The Labute approximate surface area is 121 Å². The van der Waals surface area contributed by atoms with Crippen molar-refractivity contribution in [1.82, 2.24) is 0 Å². The molecule has 104 valence electrons. The first kappa shape index (κ1) is 14.7. The summed E-state index contributed by atoms with van der Waals surface area (Å²) in [7, 11) is 0. The number of halogens is 2. The first-order valence-corrected chi connectivity index (χ1v) is 7.82. The highest BCUT2D eigenvalue weighted by Gasteiger charge is 2.61. The number of rotatable bonds is 5. The van der Waals surface area contributed by atoms with Crippen molar-refractivity contribution in [2.24, 2.45) is 5.92 Å². The molecule has 0 bridgehead atoms. The molecule has 2 rings (SSSR count). The Hall–Kier alpha value is -0.680. The third-order valence-corrected chi connectivity index (χ3v) is 4.32. The molecule has 0 aliphatic heterocycles. The molecule has 2 unspecified atom stereocenters. The van der Waals surface area contributed by atoms with E-state index in [1.54, 1.807) is 6.26 Å². The summed E-state index contributed by atoms with van der Waals surface area (Å²) in [6.45, 7) is 0.